The maximum atomic E-state index is 5.46. The molecular weight excluding hydrogens is 474 g/mol. The molecule has 4 rings (SSSR count). The van der Waals surface area contributed by atoms with Crippen molar-refractivity contribution < 1.29 is 9.47 Å². The maximum Gasteiger partial charge on any atom is 0.196 e. The minimum Gasteiger partial charge on any atom is -0.497 e. The second-order valence-corrected chi connectivity index (χ2v) is 8.85. The zero-order chi connectivity index (χ0) is 21.8. The number of methoxy groups -OCH3 is 2. The van der Waals surface area contributed by atoms with Crippen molar-refractivity contribution in [3.63, 3.8) is 0 Å². The number of halogens is 1. The molecular formula is C24H22BrN3O2S. The van der Waals surface area contributed by atoms with Gasteiger partial charge in [-0.05, 0) is 48.9 Å². The van der Waals surface area contributed by atoms with Gasteiger partial charge in [0, 0.05) is 27.5 Å². The lowest BCUT2D eigenvalue weighted by Gasteiger charge is -2.12. The lowest BCUT2D eigenvalue weighted by molar-refractivity contribution is 0.394. The van der Waals surface area contributed by atoms with Gasteiger partial charge >= 0.3 is 0 Å². The molecule has 0 aliphatic rings. The third kappa shape index (κ3) is 4.94. The predicted molar refractivity (Wildman–Crippen MR) is 128 cm³/mol. The van der Waals surface area contributed by atoms with Gasteiger partial charge in [0.2, 0.25) is 0 Å². The number of benzene rings is 3. The van der Waals surface area contributed by atoms with Crippen molar-refractivity contribution in [2.24, 2.45) is 0 Å². The molecule has 0 saturated carbocycles. The number of hydrogen-bond donors (Lipinski definition) is 0. The molecule has 0 radical (unpaired) electrons. The summed E-state index contributed by atoms with van der Waals surface area (Å²) in [6.45, 7) is 2.08. The van der Waals surface area contributed by atoms with Gasteiger partial charge in [-0.1, -0.05) is 57.5 Å². The van der Waals surface area contributed by atoms with Gasteiger partial charge in [0.05, 0.1) is 14.2 Å². The number of aromatic nitrogens is 3. The van der Waals surface area contributed by atoms with E-state index < -0.39 is 0 Å². The van der Waals surface area contributed by atoms with Gasteiger partial charge in [-0.15, -0.1) is 10.2 Å². The molecule has 0 bridgehead atoms. The fraction of sp³-hybridized carbons (Fsp3) is 0.167. The van der Waals surface area contributed by atoms with Gasteiger partial charge in [-0.3, -0.25) is 4.57 Å². The first kappa shape index (κ1) is 21.5. The molecule has 0 saturated heterocycles. The summed E-state index contributed by atoms with van der Waals surface area (Å²) in [7, 11) is 3.28. The summed E-state index contributed by atoms with van der Waals surface area (Å²) in [5, 5.41) is 9.88. The van der Waals surface area contributed by atoms with Crippen LogP contribution in [0.1, 0.15) is 11.1 Å². The Bertz CT molecular complexity index is 1150. The molecule has 0 aliphatic carbocycles. The lowest BCUT2D eigenvalue weighted by atomic mass is 10.1. The predicted octanol–water partition coefficient (Wildman–Crippen LogP) is 6.31. The van der Waals surface area contributed by atoms with Crippen molar-refractivity contribution in [1.29, 1.82) is 0 Å². The highest BCUT2D eigenvalue weighted by atomic mass is 79.9. The second-order valence-electron chi connectivity index (χ2n) is 6.99. The standard InChI is InChI=1S/C24H22BrN3O2S/c1-16-4-10-20(11-5-16)28-23(18-12-21(29-2)14-22(13-18)30-3)26-27-24(28)31-15-17-6-8-19(25)9-7-17/h4-14H,15H2,1-3H3. The van der Waals surface area contributed by atoms with E-state index in [1.165, 1.54) is 11.1 Å². The van der Waals surface area contributed by atoms with Crippen LogP contribution in [0.15, 0.2) is 76.4 Å². The molecule has 5 nitrogen and oxygen atoms in total. The molecule has 4 aromatic rings. The summed E-state index contributed by atoms with van der Waals surface area (Å²) in [5.74, 6) is 2.94. The smallest absolute Gasteiger partial charge is 0.196 e. The van der Waals surface area contributed by atoms with Crippen LogP contribution in [0.2, 0.25) is 0 Å². The summed E-state index contributed by atoms with van der Waals surface area (Å²) < 4.78 is 14.1. The Balaban J connectivity index is 1.77. The minimum absolute atomic E-state index is 0.705. The first-order chi connectivity index (χ1) is 15.1. The van der Waals surface area contributed by atoms with Crippen LogP contribution in [0, 0.1) is 6.92 Å². The van der Waals surface area contributed by atoms with Crippen LogP contribution < -0.4 is 9.47 Å². The van der Waals surface area contributed by atoms with Gasteiger partial charge in [0.15, 0.2) is 11.0 Å². The molecule has 0 amide bonds. The van der Waals surface area contributed by atoms with Crippen LogP contribution in [-0.2, 0) is 5.75 Å². The summed E-state index contributed by atoms with van der Waals surface area (Å²) in [6.07, 6.45) is 0. The van der Waals surface area contributed by atoms with Gasteiger partial charge in [0.1, 0.15) is 11.5 Å². The van der Waals surface area contributed by atoms with E-state index in [0.717, 1.165) is 32.5 Å². The molecule has 0 spiro atoms. The van der Waals surface area contributed by atoms with E-state index in [9.17, 15) is 0 Å². The zero-order valence-electron chi connectivity index (χ0n) is 17.5. The second kappa shape index (κ2) is 9.58. The molecule has 0 atom stereocenters. The molecule has 0 fully saturated rings. The van der Waals surface area contributed by atoms with Crippen molar-refractivity contribution in [3.8, 4) is 28.6 Å². The first-order valence-electron chi connectivity index (χ1n) is 9.70. The summed E-state index contributed by atoms with van der Waals surface area (Å²) in [5.41, 5.74) is 4.30. The van der Waals surface area contributed by atoms with E-state index in [-0.39, 0.29) is 0 Å². The number of rotatable bonds is 7. The van der Waals surface area contributed by atoms with E-state index in [2.05, 4.69) is 86.1 Å². The van der Waals surface area contributed by atoms with Gasteiger partial charge < -0.3 is 9.47 Å². The maximum absolute atomic E-state index is 5.46. The van der Waals surface area contributed by atoms with Crippen LogP contribution in [0.25, 0.3) is 17.1 Å². The topological polar surface area (TPSA) is 49.2 Å². The number of hydrogen-bond acceptors (Lipinski definition) is 5. The summed E-state index contributed by atoms with van der Waals surface area (Å²) >= 11 is 5.14. The van der Waals surface area contributed by atoms with Crippen molar-refractivity contribution in [2.45, 2.75) is 17.8 Å². The van der Waals surface area contributed by atoms with Crippen molar-refractivity contribution in [2.75, 3.05) is 14.2 Å². The molecule has 1 aromatic heterocycles. The van der Waals surface area contributed by atoms with Crippen molar-refractivity contribution in [3.05, 3.63) is 82.3 Å². The number of aryl methyl sites for hydroxylation is 1. The fourth-order valence-electron chi connectivity index (χ4n) is 3.14. The molecule has 0 N–H and O–H groups in total. The lowest BCUT2D eigenvalue weighted by Crippen LogP contribution is -2.00. The van der Waals surface area contributed by atoms with E-state index in [0.29, 0.717) is 11.5 Å². The fourth-order valence-corrected chi connectivity index (χ4v) is 4.31. The molecule has 3 aromatic carbocycles. The van der Waals surface area contributed by atoms with E-state index in [1.807, 2.05) is 18.2 Å². The summed E-state index contributed by atoms with van der Waals surface area (Å²) in [4.78, 5) is 0. The Labute approximate surface area is 194 Å². The number of ether oxygens (including phenoxy) is 2. The van der Waals surface area contributed by atoms with Crippen LogP contribution >= 0.6 is 27.7 Å². The Morgan fingerprint density at radius 2 is 1.52 bits per heavy atom. The third-order valence-electron chi connectivity index (χ3n) is 4.82. The third-order valence-corrected chi connectivity index (χ3v) is 6.35. The molecule has 0 unspecified atom stereocenters. The van der Waals surface area contributed by atoms with Gasteiger partial charge in [0.25, 0.3) is 0 Å². The van der Waals surface area contributed by atoms with Crippen molar-refractivity contribution >= 4 is 27.7 Å². The number of nitrogens with zero attached hydrogens (tertiary/aromatic N) is 3. The Morgan fingerprint density at radius 1 is 0.871 bits per heavy atom. The number of thioether (sulfide) groups is 1. The summed E-state index contributed by atoms with van der Waals surface area (Å²) in [6, 6.07) is 22.4. The van der Waals surface area contributed by atoms with Crippen LogP contribution in [0.3, 0.4) is 0 Å². The van der Waals surface area contributed by atoms with E-state index >= 15 is 0 Å². The molecule has 1 heterocycles. The van der Waals surface area contributed by atoms with Crippen molar-refractivity contribution in [1.82, 2.24) is 14.8 Å². The first-order valence-corrected chi connectivity index (χ1v) is 11.5. The average Bonchev–Trinajstić information content (AvgIpc) is 3.23. The Morgan fingerprint density at radius 3 is 2.13 bits per heavy atom. The highest BCUT2D eigenvalue weighted by Gasteiger charge is 2.18. The highest BCUT2D eigenvalue weighted by Crippen LogP contribution is 2.33. The monoisotopic (exact) mass is 495 g/mol. The van der Waals surface area contributed by atoms with Gasteiger partial charge in [-0.25, -0.2) is 0 Å². The SMILES string of the molecule is COc1cc(OC)cc(-c2nnc(SCc3ccc(Br)cc3)n2-c2ccc(C)cc2)c1. The normalized spacial score (nSPS) is 10.8. The zero-order valence-corrected chi connectivity index (χ0v) is 19.9. The molecule has 0 aliphatic heterocycles. The van der Waals surface area contributed by atoms with Gasteiger partial charge in [-0.2, -0.15) is 0 Å². The van der Waals surface area contributed by atoms with E-state index in [4.69, 9.17) is 9.47 Å². The van der Waals surface area contributed by atoms with Crippen LogP contribution in [-0.4, -0.2) is 29.0 Å². The molecule has 31 heavy (non-hydrogen) atoms. The largest absolute Gasteiger partial charge is 0.497 e. The minimum atomic E-state index is 0.705. The van der Waals surface area contributed by atoms with E-state index in [1.54, 1.807) is 26.0 Å². The molecule has 158 valence electrons. The average molecular weight is 496 g/mol. The molecule has 7 heteroatoms. The Hall–Kier alpha value is -2.77. The Kier molecular flexibility index (Phi) is 6.63. The highest BCUT2D eigenvalue weighted by molar-refractivity contribution is 9.10. The van der Waals surface area contributed by atoms with Crippen LogP contribution in [0.5, 0.6) is 11.5 Å². The quantitative estimate of drug-likeness (QED) is 0.281. The van der Waals surface area contributed by atoms with Crippen LogP contribution in [0.4, 0.5) is 0 Å².